The molecule has 0 saturated carbocycles. The zero-order valence-electron chi connectivity index (χ0n) is 9.46. The molecule has 0 aliphatic carbocycles. The molecule has 15 heavy (non-hydrogen) atoms. The van der Waals surface area contributed by atoms with E-state index in [0.29, 0.717) is 6.04 Å². The molecule has 1 aromatic rings. The molecule has 0 radical (unpaired) electrons. The highest BCUT2D eigenvalue weighted by Gasteiger charge is 2.17. The highest BCUT2D eigenvalue weighted by Crippen LogP contribution is 2.26. The van der Waals surface area contributed by atoms with Crippen molar-refractivity contribution in [3.8, 4) is 0 Å². The average Bonchev–Trinajstić information content (AvgIpc) is 2.62. The van der Waals surface area contributed by atoms with Crippen molar-refractivity contribution in [1.29, 1.82) is 0 Å². The Labute approximate surface area is 104 Å². The highest BCUT2D eigenvalue weighted by atomic mass is 79.9. The van der Waals surface area contributed by atoms with E-state index in [1.807, 2.05) is 29.7 Å². The maximum atomic E-state index is 4.33. The second-order valence-corrected chi connectivity index (χ2v) is 5.16. The molecule has 5 heteroatoms. The van der Waals surface area contributed by atoms with Crippen LogP contribution in [0.5, 0.6) is 0 Å². The van der Waals surface area contributed by atoms with Crippen molar-refractivity contribution in [3.05, 3.63) is 16.4 Å². The molecule has 0 aliphatic heterocycles. The second kappa shape index (κ2) is 6.55. The summed E-state index contributed by atoms with van der Waals surface area (Å²) in [5.74, 6) is 1.16. The molecule has 1 rings (SSSR count). The molecular weight excluding hydrogens is 274 g/mol. The Bertz CT molecular complexity index is 301. The van der Waals surface area contributed by atoms with Gasteiger partial charge in [-0.2, -0.15) is 16.9 Å². The molecule has 0 fully saturated rings. The number of aromatic nitrogens is 2. The molecule has 0 bridgehead atoms. The number of rotatable bonds is 6. The van der Waals surface area contributed by atoms with Crippen molar-refractivity contribution >= 4 is 27.7 Å². The largest absolute Gasteiger partial charge is 0.312 e. The van der Waals surface area contributed by atoms with Gasteiger partial charge in [0.15, 0.2) is 0 Å². The molecule has 0 aliphatic rings. The van der Waals surface area contributed by atoms with Crippen molar-refractivity contribution in [1.82, 2.24) is 15.1 Å². The second-order valence-electron chi connectivity index (χ2n) is 3.32. The molecule has 0 aromatic carbocycles. The molecule has 1 unspecified atom stereocenters. The van der Waals surface area contributed by atoms with E-state index >= 15 is 0 Å². The van der Waals surface area contributed by atoms with E-state index in [4.69, 9.17) is 0 Å². The number of nitrogens with one attached hydrogen (secondary N) is 1. The van der Waals surface area contributed by atoms with Gasteiger partial charge in [0.25, 0.3) is 0 Å². The van der Waals surface area contributed by atoms with Gasteiger partial charge < -0.3 is 5.32 Å². The molecule has 3 nitrogen and oxygen atoms in total. The van der Waals surface area contributed by atoms with Gasteiger partial charge >= 0.3 is 0 Å². The first-order chi connectivity index (χ1) is 7.24. The van der Waals surface area contributed by atoms with Crippen molar-refractivity contribution < 1.29 is 0 Å². The summed E-state index contributed by atoms with van der Waals surface area (Å²) in [6.07, 6.45) is 5.14. The fraction of sp³-hybridized carbons (Fsp3) is 0.700. The monoisotopic (exact) mass is 291 g/mol. The van der Waals surface area contributed by atoms with E-state index in [0.717, 1.165) is 23.2 Å². The van der Waals surface area contributed by atoms with E-state index in [2.05, 4.69) is 39.5 Å². The number of aryl methyl sites for hydroxylation is 1. The van der Waals surface area contributed by atoms with Gasteiger partial charge in [-0.05, 0) is 48.3 Å². The van der Waals surface area contributed by atoms with Crippen LogP contribution in [0, 0.1) is 0 Å². The first-order valence-electron chi connectivity index (χ1n) is 5.12. The molecule has 0 spiro atoms. The lowest BCUT2D eigenvalue weighted by Gasteiger charge is -2.17. The van der Waals surface area contributed by atoms with Crippen molar-refractivity contribution in [2.75, 3.05) is 19.1 Å². The number of hydrogen-bond acceptors (Lipinski definition) is 3. The molecule has 1 atom stereocenters. The summed E-state index contributed by atoms with van der Waals surface area (Å²) >= 11 is 5.44. The van der Waals surface area contributed by atoms with Crippen LogP contribution in [-0.4, -0.2) is 28.8 Å². The van der Waals surface area contributed by atoms with E-state index in [9.17, 15) is 0 Å². The predicted molar refractivity (Wildman–Crippen MR) is 70.4 cm³/mol. The van der Waals surface area contributed by atoms with Gasteiger partial charge in [-0.1, -0.05) is 0 Å². The number of hydrogen-bond donors (Lipinski definition) is 1. The van der Waals surface area contributed by atoms with Gasteiger partial charge in [-0.3, -0.25) is 4.68 Å². The van der Waals surface area contributed by atoms with Gasteiger partial charge in [0.1, 0.15) is 0 Å². The third-order valence-corrected chi connectivity index (χ3v) is 3.68. The van der Waals surface area contributed by atoms with Gasteiger partial charge in [-0.25, -0.2) is 0 Å². The van der Waals surface area contributed by atoms with E-state index < -0.39 is 0 Å². The third-order valence-electron chi connectivity index (χ3n) is 2.42. The number of nitrogens with zero attached hydrogens (tertiary/aromatic N) is 2. The Hall–Kier alpha value is -0.0000000000000000763. The van der Waals surface area contributed by atoms with Gasteiger partial charge in [-0.15, -0.1) is 0 Å². The normalized spacial score (nSPS) is 13.1. The number of halogens is 1. The van der Waals surface area contributed by atoms with Crippen LogP contribution in [0.25, 0.3) is 0 Å². The summed E-state index contributed by atoms with van der Waals surface area (Å²) in [6.45, 7) is 3.03. The maximum Gasteiger partial charge on any atom is 0.0695 e. The summed E-state index contributed by atoms with van der Waals surface area (Å²) in [4.78, 5) is 0. The van der Waals surface area contributed by atoms with Crippen LogP contribution in [0.15, 0.2) is 10.7 Å². The van der Waals surface area contributed by atoms with Gasteiger partial charge in [0.05, 0.1) is 22.4 Å². The van der Waals surface area contributed by atoms with Crippen LogP contribution in [0.2, 0.25) is 0 Å². The quantitative estimate of drug-likeness (QED) is 0.874. The van der Waals surface area contributed by atoms with Crippen LogP contribution < -0.4 is 5.32 Å². The first kappa shape index (κ1) is 13.1. The number of thioether (sulfide) groups is 1. The Balaban J connectivity index is 2.84. The summed E-state index contributed by atoms with van der Waals surface area (Å²) in [7, 11) is 2.00. The van der Waals surface area contributed by atoms with Crippen LogP contribution in [-0.2, 0) is 6.54 Å². The summed E-state index contributed by atoms with van der Waals surface area (Å²) < 4.78 is 3.15. The maximum absolute atomic E-state index is 4.33. The molecular formula is C10H18BrN3S. The minimum absolute atomic E-state index is 0.384. The van der Waals surface area contributed by atoms with E-state index in [1.165, 1.54) is 5.69 Å². The summed E-state index contributed by atoms with van der Waals surface area (Å²) in [6, 6.07) is 0.384. The van der Waals surface area contributed by atoms with E-state index in [-0.39, 0.29) is 0 Å². The predicted octanol–water partition coefficient (Wildman–Crippen LogP) is 2.68. The minimum atomic E-state index is 0.384. The highest BCUT2D eigenvalue weighted by molar-refractivity contribution is 9.10. The van der Waals surface area contributed by atoms with Gasteiger partial charge in [0, 0.05) is 6.54 Å². The molecule has 0 saturated heterocycles. The minimum Gasteiger partial charge on any atom is -0.312 e. The molecule has 1 N–H and O–H groups in total. The van der Waals surface area contributed by atoms with Crippen molar-refractivity contribution in [2.24, 2.45) is 0 Å². The van der Waals surface area contributed by atoms with Crippen molar-refractivity contribution in [2.45, 2.75) is 25.9 Å². The Morgan fingerprint density at radius 3 is 2.93 bits per heavy atom. The standard InChI is InChI=1S/C10H18BrN3S/c1-4-14-10(8(11)7-13-14)9(12-2)5-6-15-3/h7,9,12H,4-6H2,1-3H3. The lowest BCUT2D eigenvalue weighted by molar-refractivity contribution is 0.505. The molecule has 1 heterocycles. The smallest absolute Gasteiger partial charge is 0.0695 e. The van der Waals surface area contributed by atoms with Crippen LogP contribution in [0.3, 0.4) is 0 Å². The lowest BCUT2D eigenvalue weighted by atomic mass is 10.1. The molecule has 1 aromatic heterocycles. The van der Waals surface area contributed by atoms with Crippen molar-refractivity contribution in [3.63, 3.8) is 0 Å². The van der Waals surface area contributed by atoms with E-state index in [1.54, 1.807) is 0 Å². The third kappa shape index (κ3) is 3.23. The Morgan fingerprint density at radius 1 is 1.67 bits per heavy atom. The van der Waals surface area contributed by atoms with Crippen LogP contribution in [0.4, 0.5) is 0 Å². The Kier molecular flexibility index (Phi) is 5.71. The zero-order valence-corrected chi connectivity index (χ0v) is 11.9. The fourth-order valence-electron chi connectivity index (χ4n) is 1.62. The molecule has 0 amide bonds. The average molecular weight is 292 g/mol. The fourth-order valence-corrected chi connectivity index (χ4v) is 2.67. The topological polar surface area (TPSA) is 29.9 Å². The summed E-state index contributed by atoms with van der Waals surface area (Å²) in [5.41, 5.74) is 1.26. The van der Waals surface area contributed by atoms with Gasteiger partial charge in [0.2, 0.25) is 0 Å². The SMILES string of the molecule is CCn1ncc(Br)c1C(CCSC)NC. The molecule has 86 valence electrons. The van der Waals surface area contributed by atoms with Crippen LogP contribution >= 0.6 is 27.7 Å². The first-order valence-corrected chi connectivity index (χ1v) is 7.30. The Morgan fingerprint density at radius 2 is 2.40 bits per heavy atom. The van der Waals surface area contributed by atoms with Crippen LogP contribution in [0.1, 0.15) is 25.1 Å². The summed E-state index contributed by atoms with van der Waals surface area (Å²) in [5, 5.41) is 7.68. The zero-order chi connectivity index (χ0) is 11.3. The lowest BCUT2D eigenvalue weighted by Crippen LogP contribution is -2.21.